The first-order valence-electron chi connectivity index (χ1n) is 8.20. The molecule has 0 aliphatic carbocycles. The average Bonchev–Trinajstić information content (AvgIpc) is 3.32. The third-order valence-corrected chi connectivity index (χ3v) is 4.47. The topological polar surface area (TPSA) is 68.5 Å². The van der Waals surface area contributed by atoms with Crippen LogP contribution >= 0.6 is 15.9 Å². The van der Waals surface area contributed by atoms with E-state index in [4.69, 9.17) is 4.74 Å². The summed E-state index contributed by atoms with van der Waals surface area (Å²) in [5, 5.41) is 7.21. The number of ether oxygens (including phenoxy) is 1. The lowest BCUT2D eigenvalue weighted by Gasteiger charge is -2.11. The van der Waals surface area contributed by atoms with E-state index in [2.05, 4.69) is 31.3 Å². The smallest absolute Gasteiger partial charge is 0.256 e. The lowest BCUT2D eigenvalue weighted by Crippen LogP contribution is -2.17. The van der Waals surface area contributed by atoms with Crippen molar-refractivity contribution in [2.45, 2.75) is 0 Å². The molecule has 0 atom stereocenters. The predicted molar refractivity (Wildman–Crippen MR) is 103 cm³/mol. The van der Waals surface area contributed by atoms with Gasteiger partial charge in [-0.3, -0.25) is 4.79 Å². The van der Waals surface area contributed by atoms with Crippen LogP contribution in [0.3, 0.4) is 0 Å². The van der Waals surface area contributed by atoms with Crippen molar-refractivity contribution < 1.29 is 13.9 Å². The molecule has 6 nitrogen and oxygen atoms in total. The molecule has 1 aromatic heterocycles. The number of hydrogen-bond acceptors (Lipinski definition) is 4. The molecule has 0 bridgehead atoms. The van der Waals surface area contributed by atoms with E-state index in [9.17, 15) is 9.18 Å². The highest BCUT2D eigenvalue weighted by Crippen LogP contribution is 2.24. The van der Waals surface area contributed by atoms with Crippen LogP contribution in [-0.2, 0) is 4.74 Å². The number of hydrogen-bond donors (Lipinski definition) is 1. The van der Waals surface area contributed by atoms with Crippen molar-refractivity contribution in [3.05, 3.63) is 76.1 Å². The van der Waals surface area contributed by atoms with Crippen LogP contribution < -0.4 is 5.32 Å². The van der Waals surface area contributed by atoms with Gasteiger partial charge in [0.1, 0.15) is 18.2 Å². The van der Waals surface area contributed by atoms with E-state index < -0.39 is 0 Å². The first-order valence-corrected chi connectivity index (χ1v) is 8.99. The fourth-order valence-electron chi connectivity index (χ4n) is 2.71. The summed E-state index contributed by atoms with van der Waals surface area (Å²) in [5.74, 6) is 0.175. The summed E-state index contributed by atoms with van der Waals surface area (Å²) < 4.78 is 21.1. The molecule has 0 unspecified atom stereocenters. The highest BCUT2D eigenvalue weighted by atomic mass is 79.9. The molecule has 0 fully saturated rings. The number of nitrogens with one attached hydrogen (secondary N) is 1. The number of carbonyl (C=O) groups is 1. The van der Waals surface area contributed by atoms with Crippen LogP contribution in [0.5, 0.6) is 0 Å². The summed E-state index contributed by atoms with van der Waals surface area (Å²) >= 11 is 3.36. The van der Waals surface area contributed by atoms with Gasteiger partial charge in [0.25, 0.3) is 5.91 Å². The molecule has 0 saturated heterocycles. The fourth-order valence-corrected chi connectivity index (χ4v) is 3.11. The Balaban J connectivity index is 1.75. The molecule has 0 radical (unpaired) electrons. The zero-order chi connectivity index (χ0) is 18.8. The van der Waals surface area contributed by atoms with E-state index >= 15 is 0 Å². The Morgan fingerprint density at radius 1 is 1.22 bits per heavy atom. The molecule has 1 amide bonds. The van der Waals surface area contributed by atoms with E-state index in [-0.39, 0.29) is 11.7 Å². The lowest BCUT2D eigenvalue weighted by atomic mass is 10.2. The van der Waals surface area contributed by atoms with Gasteiger partial charge in [0.2, 0.25) is 5.90 Å². The number of aliphatic imine (C=N–C) groups is 1. The van der Waals surface area contributed by atoms with Crippen LogP contribution in [0.15, 0.2) is 64.2 Å². The normalized spacial score (nSPS) is 13.2. The van der Waals surface area contributed by atoms with E-state index in [1.54, 1.807) is 36.5 Å². The zero-order valence-corrected chi connectivity index (χ0v) is 15.6. The molecule has 2 aromatic carbocycles. The number of halogens is 2. The van der Waals surface area contributed by atoms with Gasteiger partial charge in [-0.2, -0.15) is 5.10 Å². The molecule has 3 aromatic rings. The first-order chi connectivity index (χ1) is 13.1. The number of amides is 1. The van der Waals surface area contributed by atoms with Crippen molar-refractivity contribution in [2.24, 2.45) is 4.99 Å². The van der Waals surface area contributed by atoms with E-state index in [1.165, 1.54) is 16.8 Å². The van der Waals surface area contributed by atoms with Gasteiger partial charge in [-0.25, -0.2) is 14.1 Å². The molecule has 1 aliphatic heterocycles. The van der Waals surface area contributed by atoms with Crippen molar-refractivity contribution in [3.63, 3.8) is 0 Å². The second kappa shape index (κ2) is 7.32. The maximum absolute atomic E-state index is 13.3. The minimum absolute atomic E-state index is 0.306. The lowest BCUT2D eigenvalue weighted by molar-refractivity contribution is 0.102. The summed E-state index contributed by atoms with van der Waals surface area (Å²) in [5.41, 5.74) is 1.66. The first kappa shape index (κ1) is 17.4. The minimum Gasteiger partial charge on any atom is -0.475 e. The summed E-state index contributed by atoms with van der Waals surface area (Å²) in [4.78, 5) is 17.1. The molecule has 8 heteroatoms. The van der Waals surface area contributed by atoms with E-state index in [1.807, 2.05) is 6.07 Å². The molecule has 27 heavy (non-hydrogen) atoms. The van der Waals surface area contributed by atoms with Crippen LogP contribution in [-0.4, -0.2) is 34.7 Å². The number of anilines is 1. The van der Waals surface area contributed by atoms with Crippen molar-refractivity contribution in [2.75, 3.05) is 18.5 Å². The maximum Gasteiger partial charge on any atom is 0.256 e. The summed E-state index contributed by atoms with van der Waals surface area (Å²) in [7, 11) is 0. The summed E-state index contributed by atoms with van der Waals surface area (Å²) in [6.45, 7) is 1.03. The van der Waals surface area contributed by atoms with Crippen LogP contribution in [0.25, 0.3) is 5.69 Å². The number of benzene rings is 2. The Hall–Kier alpha value is -3.00. The fraction of sp³-hybridized carbons (Fsp3) is 0.105. The largest absolute Gasteiger partial charge is 0.475 e. The Morgan fingerprint density at radius 3 is 2.74 bits per heavy atom. The molecule has 136 valence electrons. The van der Waals surface area contributed by atoms with Gasteiger partial charge in [-0.1, -0.05) is 22.0 Å². The van der Waals surface area contributed by atoms with Gasteiger partial charge in [0.05, 0.1) is 24.0 Å². The van der Waals surface area contributed by atoms with Crippen molar-refractivity contribution in [1.29, 1.82) is 0 Å². The highest BCUT2D eigenvalue weighted by Gasteiger charge is 2.22. The minimum atomic E-state index is -0.352. The predicted octanol–water partition coefficient (Wildman–Crippen LogP) is 3.80. The van der Waals surface area contributed by atoms with Crippen LogP contribution in [0.4, 0.5) is 10.2 Å². The Labute approximate surface area is 162 Å². The zero-order valence-electron chi connectivity index (χ0n) is 14.0. The Bertz CT molecular complexity index is 1030. The third kappa shape index (κ3) is 3.61. The SMILES string of the molecule is O=C(Nc1c(C2=NCCO2)cnn1-c1ccc(F)cc1)c1cccc(Br)c1. The summed E-state index contributed by atoms with van der Waals surface area (Å²) in [6.07, 6.45) is 1.57. The van der Waals surface area contributed by atoms with Crippen molar-refractivity contribution >= 4 is 33.6 Å². The molecule has 0 saturated carbocycles. The van der Waals surface area contributed by atoms with Gasteiger partial charge in [0.15, 0.2) is 0 Å². The van der Waals surface area contributed by atoms with E-state index in [0.717, 1.165) is 4.47 Å². The number of carbonyl (C=O) groups excluding carboxylic acids is 1. The van der Waals surface area contributed by atoms with Crippen molar-refractivity contribution in [1.82, 2.24) is 9.78 Å². The van der Waals surface area contributed by atoms with Gasteiger partial charge >= 0.3 is 0 Å². The van der Waals surface area contributed by atoms with Gasteiger partial charge < -0.3 is 10.1 Å². The molecular weight excluding hydrogens is 415 g/mol. The summed E-state index contributed by atoms with van der Waals surface area (Å²) in [6, 6.07) is 12.9. The second-order valence-corrected chi connectivity index (χ2v) is 6.71. The van der Waals surface area contributed by atoms with Gasteiger partial charge in [0, 0.05) is 10.0 Å². The number of nitrogens with zero attached hydrogens (tertiary/aromatic N) is 3. The Morgan fingerprint density at radius 2 is 2.04 bits per heavy atom. The number of aromatic nitrogens is 2. The monoisotopic (exact) mass is 428 g/mol. The standard InChI is InChI=1S/C19H14BrFN4O2/c20-13-3-1-2-12(10-13)18(26)24-17-16(19-22-8-9-27-19)11-23-25(17)15-6-4-14(21)5-7-15/h1-7,10-11H,8-9H2,(H,24,26). The average molecular weight is 429 g/mol. The number of rotatable bonds is 4. The Kier molecular flexibility index (Phi) is 4.72. The third-order valence-electron chi connectivity index (χ3n) is 3.98. The van der Waals surface area contributed by atoms with Crippen LogP contribution in [0, 0.1) is 5.82 Å². The molecule has 1 N–H and O–H groups in total. The molecular formula is C19H14BrFN4O2. The molecule has 2 heterocycles. The van der Waals surface area contributed by atoms with Gasteiger partial charge in [-0.15, -0.1) is 0 Å². The molecule has 0 spiro atoms. The quantitative estimate of drug-likeness (QED) is 0.686. The second-order valence-electron chi connectivity index (χ2n) is 5.79. The molecule has 1 aliphatic rings. The van der Waals surface area contributed by atoms with Crippen LogP contribution in [0.2, 0.25) is 0 Å². The highest BCUT2D eigenvalue weighted by molar-refractivity contribution is 9.10. The van der Waals surface area contributed by atoms with Gasteiger partial charge in [-0.05, 0) is 42.5 Å². The van der Waals surface area contributed by atoms with Crippen molar-refractivity contribution in [3.8, 4) is 5.69 Å². The van der Waals surface area contributed by atoms with Crippen LogP contribution in [0.1, 0.15) is 15.9 Å². The maximum atomic E-state index is 13.3. The molecule has 4 rings (SSSR count). The van der Waals surface area contributed by atoms with E-state index in [0.29, 0.717) is 41.7 Å².